The highest BCUT2D eigenvalue weighted by atomic mass is 28.4. The molecule has 5 nitrogen and oxygen atoms in total. The van der Waals surface area contributed by atoms with Crippen LogP contribution in [0.1, 0.15) is 168 Å². The second-order valence-corrected chi connectivity index (χ2v) is 19.5. The first kappa shape index (κ1) is 46.6. The Morgan fingerprint density at radius 3 is 1.09 bits per heavy atom. The summed E-state index contributed by atoms with van der Waals surface area (Å²) in [7, 11) is -2.65. The summed E-state index contributed by atoms with van der Waals surface area (Å²) in [6, 6.07) is 0.733. The molecule has 0 aliphatic heterocycles. The van der Waals surface area contributed by atoms with Gasteiger partial charge in [-0.05, 0) is 138 Å². The van der Waals surface area contributed by atoms with Crippen LogP contribution in [-0.2, 0) is 18.1 Å². The van der Waals surface area contributed by atoms with E-state index in [-0.39, 0.29) is 11.8 Å². The molecule has 282 valence electrons. The molecular weight excluding hydrogens is 599 g/mol. The fourth-order valence-corrected chi connectivity index (χ4v) is 11.4. The standard InChI is InChI=1S/C41H85NO4Si/c1-15-31(5)22-32(6)23-33(7)24-34(8)25-35(9)26-36(10)27-37(11)28-38(12)29-39(13)30-40(14)41(43)42-20-19-21-47(44-16-2,45-17-3)46-18-4/h31-40H,15-30H2,1-14H3,(H,42,43). The van der Waals surface area contributed by atoms with Crippen molar-refractivity contribution in [3.8, 4) is 0 Å². The Morgan fingerprint density at radius 2 is 0.787 bits per heavy atom. The summed E-state index contributed by atoms with van der Waals surface area (Å²) in [5, 5.41) is 3.16. The molecule has 1 N–H and O–H groups in total. The van der Waals surface area contributed by atoms with E-state index in [0.29, 0.717) is 38.2 Å². The number of carbonyl (C=O) groups excluding carboxylic acids is 1. The predicted molar refractivity (Wildman–Crippen MR) is 207 cm³/mol. The minimum absolute atomic E-state index is 0.0300. The van der Waals surface area contributed by atoms with Gasteiger partial charge in [0.1, 0.15) is 0 Å². The molecule has 0 saturated carbocycles. The average Bonchev–Trinajstić information content (AvgIpc) is 2.94. The molecule has 10 atom stereocenters. The lowest BCUT2D eigenvalue weighted by Gasteiger charge is -2.28. The Bertz CT molecular complexity index is 749. The van der Waals surface area contributed by atoms with Gasteiger partial charge in [-0.1, -0.05) is 82.6 Å². The highest BCUT2D eigenvalue weighted by Crippen LogP contribution is 2.32. The first-order valence-corrected chi connectivity index (χ1v) is 22.2. The third-order valence-electron chi connectivity index (χ3n) is 10.4. The van der Waals surface area contributed by atoms with Crippen LogP contribution in [0.5, 0.6) is 0 Å². The molecule has 0 spiro atoms. The van der Waals surface area contributed by atoms with Gasteiger partial charge in [-0.2, -0.15) is 0 Å². The SMILES string of the molecule is CCO[Si](CCCNC(=O)C(C)CC(C)CC(C)CC(C)CC(C)CC(C)CC(C)CC(C)CC(C)CC(C)CC)(OCC)OCC. The summed E-state index contributed by atoms with van der Waals surface area (Å²) in [5.41, 5.74) is 0. The molecule has 0 radical (unpaired) electrons. The van der Waals surface area contributed by atoms with E-state index in [1.165, 1.54) is 57.8 Å². The molecule has 0 fully saturated rings. The van der Waals surface area contributed by atoms with E-state index in [9.17, 15) is 4.79 Å². The fraction of sp³-hybridized carbons (Fsp3) is 0.976. The lowest BCUT2D eigenvalue weighted by Crippen LogP contribution is -2.46. The second kappa shape index (κ2) is 26.4. The monoisotopic (exact) mass is 684 g/mol. The lowest BCUT2D eigenvalue weighted by molar-refractivity contribution is -0.125. The van der Waals surface area contributed by atoms with Crippen molar-refractivity contribution in [1.29, 1.82) is 0 Å². The molecule has 0 aromatic rings. The molecule has 0 saturated heterocycles. The zero-order valence-electron chi connectivity index (χ0n) is 34.2. The van der Waals surface area contributed by atoms with Gasteiger partial charge in [-0.3, -0.25) is 4.79 Å². The van der Waals surface area contributed by atoms with Gasteiger partial charge in [-0.25, -0.2) is 0 Å². The molecule has 0 aromatic carbocycles. The van der Waals surface area contributed by atoms with Crippen molar-refractivity contribution < 1.29 is 18.1 Å². The Balaban J connectivity index is 4.42. The Morgan fingerprint density at radius 1 is 0.489 bits per heavy atom. The number of hydrogen-bond donors (Lipinski definition) is 1. The maximum Gasteiger partial charge on any atom is 0.500 e. The van der Waals surface area contributed by atoms with Gasteiger partial charge in [0.2, 0.25) is 5.91 Å². The summed E-state index contributed by atoms with van der Waals surface area (Å²) < 4.78 is 17.8. The van der Waals surface area contributed by atoms with Crippen LogP contribution in [0.2, 0.25) is 6.04 Å². The average molecular weight is 684 g/mol. The number of nitrogens with one attached hydrogen (secondary N) is 1. The third-order valence-corrected chi connectivity index (χ3v) is 13.5. The highest BCUT2D eigenvalue weighted by Gasteiger charge is 2.39. The van der Waals surface area contributed by atoms with Gasteiger partial charge in [0.05, 0.1) is 0 Å². The largest absolute Gasteiger partial charge is 0.500 e. The molecule has 1 amide bonds. The quantitative estimate of drug-likeness (QED) is 0.0605. The van der Waals surface area contributed by atoms with Gasteiger partial charge >= 0.3 is 8.80 Å². The minimum atomic E-state index is -2.65. The number of amides is 1. The summed E-state index contributed by atoms with van der Waals surface area (Å²) >= 11 is 0. The zero-order chi connectivity index (χ0) is 36.0. The zero-order valence-corrected chi connectivity index (χ0v) is 35.2. The van der Waals surface area contributed by atoms with Gasteiger partial charge < -0.3 is 18.6 Å². The van der Waals surface area contributed by atoms with Crippen molar-refractivity contribution in [2.45, 2.75) is 174 Å². The van der Waals surface area contributed by atoms with Gasteiger partial charge in [0.25, 0.3) is 0 Å². The van der Waals surface area contributed by atoms with Crippen LogP contribution in [0, 0.1) is 59.2 Å². The van der Waals surface area contributed by atoms with Crippen LogP contribution in [0.15, 0.2) is 0 Å². The number of rotatable bonds is 30. The topological polar surface area (TPSA) is 56.8 Å². The van der Waals surface area contributed by atoms with Gasteiger partial charge in [0.15, 0.2) is 0 Å². The molecule has 10 unspecified atom stereocenters. The van der Waals surface area contributed by atoms with Crippen LogP contribution in [0.3, 0.4) is 0 Å². The fourth-order valence-electron chi connectivity index (χ4n) is 8.83. The van der Waals surface area contributed by atoms with Crippen LogP contribution >= 0.6 is 0 Å². The highest BCUT2D eigenvalue weighted by molar-refractivity contribution is 6.60. The smallest absolute Gasteiger partial charge is 0.374 e. The molecule has 0 rings (SSSR count). The van der Waals surface area contributed by atoms with Crippen molar-refractivity contribution in [2.75, 3.05) is 26.4 Å². The van der Waals surface area contributed by atoms with Crippen molar-refractivity contribution in [3.63, 3.8) is 0 Å². The summed E-state index contributed by atoms with van der Waals surface area (Å²) in [6.45, 7) is 34.8. The molecule has 0 aromatic heterocycles. The lowest BCUT2D eigenvalue weighted by atomic mass is 9.79. The summed E-state index contributed by atoms with van der Waals surface area (Å²) in [5.74, 6) is 7.18. The molecule has 0 heterocycles. The number of hydrogen-bond acceptors (Lipinski definition) is 4. The molecule has 47 heavy (non-hydrogen) atoms. The Labute approximate surface area is 296 Å². The number of carbonyl (C=O) groups is 1. The van der Waals surface area contributed by atoms with E-state index in [1.54, 1.807) is 0 Å². The molecule has 0 aliphatic rings. The van der Waals surface area contributed by atoms with Gasteiger partial charge in [0, 0.05) is 38.3 Å². The maximum absolute atomic E-state index is 12.9. The first-order valence-electron chi connectivity index (χ1n) is 20.3. The van der Waals surface area contributed by atoms with Crippen molar-refractivity contribution in [3.05, 3.63) is 0 Å². The van der Waals surface area contributed by atoms with Crippen molar-refractivity contribution in [2.24, 2.45) is 59.2 Å². The normalized spacial score (nSPS) is 18.9. The predicted octanol–water partition coefficient (Wildman–Crippen LogP) is 11.8. The minimum Gasteiger partial charge on any atom is -0.374 e. The molecular formula is C41H85NO4Si. The summed E-state index contributed by atoms with van der Waals surface area (Å²) in [4.78, 5) is 12.9. The Hall–Kier alpha value is -0.433. The van der Waals surface area contributed by atoms with Crippen molar-refractivity contribution >= 4 is 14.7 Å². The van der Waals surface area contributed by atoms with E-state index in [0.717, 1.165) is 60.3 Å². The van der Waals surface area contributed by atoms with E-state index >= 15 is 0 Å². The summed E-state index contributed by atoms with van der Waals surface area (Å²) in [6.07, 6.45) is 13.8. The third kappa shape index (κ3) is 22.8. The molecule has 0 aliphatic carbocycles. The van der Waals surface area contributed by atoms with Crippen LogP contribution in [0.4, 0.5) is 0 Å². The van der Waals surface area contributed by atoms with Crippen LogP contribution in [-0.4, -0.2) is 41.1 Å². The first-order chi connectivity index (χ1) is 22.1. The van der Waals surface area contributed by atoms with Crippen LogP contribution in [0.25, 0.3) is 0 Å². The van der Waals surface area contributed by atoms with E-state index in [2.05, 4.69) is 81.5 Å². The second-order valence-electron chi connectivity index (χ2n) is 16.8. The van der Waals surface area contributed by atoms with E-state index in [1.807, 2.05) is 20.8 Å². The maximum atomic E-state index is 12.9. The van der Waals surface area contributed by atoms with Crippen LogP contribution < -0.4 is 5.32 Å². The van der Waals surface area contributed by atoms with Gasteiger partial charge in [-0.15, -0.1) is 0 Å². The van der Waals surface area contributed by atoms with Crippen molar-refractivity contribution in [1.82, 2.24) is 5.32 Å². The molecule has 0 bridgehead atoms. The van der Waals surface area contributed by atoms with E-state index < -0.39 is 8.80 Å². The Kier molecular flexibility index (Phi) is 26.1. The van der Waals surface area contributed by atoms with E-state index in [4.69, 9.17) is 13.3 Å². The molecule has 6 heteroatoms.